The molecule has 1 atom stereocenters. The first-order valence-corrected chi connectivity index (χ1v) is 14.6. The number of carbonyl (C=O) groups is 2. The maximum atomic E-state index is 13.7. The van der Waals surface area contributed by atoms with Gasteiger partial charge in [0.1, 0.15) is 18.1 Å². The van der Waals surface area contributed by atoms with Gasteiger partial charge in [0.05, 0.1) is 35.2 Å². The summed E-state index contributed by atoms with van der Waals surface area (Å²) in [6.45, 7) is 10.7. The van der Waals surface area contributed by atoms with E-state index in [1.165, 1.54) is 0 Å². The molecule has 1 N–H and O–H groups in total. The number of fused-ring (bicyclic) bond motifs is 1. The van der Waals surface area contributed by atoms with Gasteiger partial charge in [-0.05, 0) is 65.6 Å². The lowest BCUT2D eigenvalue weighted by atomic mass is 9.87. The Kier molecular flexibility index (Phi) is 7.24. The van der Waals surface area contributed by atoms with Crippen molar-refractivity contribution < 1.29 is 14.0 Å². The molecule has 0 saturated carbocycles. The fraction of sp³-hybridized carbons (Fsp3) is 0.345. The molecule has 4 heterocycles. The average Bonchev–Trinajstić information content (AvgIpc) is 3.63. The van der Waals surface area contributed by atoms with E-state index in [4.69, 9.17) is 9.52 Å². The molecule has 0 bridgehead atoms. The highest BCUT2D eigenvalue weighted by molar-refractivity contribution is 8.00. The molecule has 0 radical (unpaired) electrons. The van der Waals surface area contributed by atoms with Crippen LogP contribution in [-0.4, -0.2) is 33.9 Å². The van der Waals surface area contributed by atoms with Crippen LogP contribution in [0.4, 0.5) is 5.82 Å². The van der Waals surface area contributed by atoms with Crippen LogP contribution in [0.3, 0.4) is 0 Å². The normalized spacial score (nSPS) is 15.9. The van der Waals surface area contributed by atoms with Gasteiger partial charge in [0.15, 0.2) is 0 Å². The van der Waals surface area contributed by atoms with Crippen LogP contribution in [0.5, 0.6) is 0 Å². The zero-order valence-corrected chi connectivity index (χ0v) is 23.9. The first-order valence-electron chi connectivity index (χ1n) is 12.6. The van der Waals surface area contributed by atoms with Crippen molar-refractivity contribution in [2.75, 3.05) is 17.2 Å². The molecule has 0 aliphatic carbocycles. The number of furan rings is 1. The summed E-state index contributed by atoms with van der Waals surface area (Å²) in [7, 11) is 0. The summed E-state index contributed by atoms with van der Waals surface area (Å²) in [6, 6.07) is 11.8. The van der Waals surface area contributed by atoms with Crippen molar-refractivity contribution in [1.29, 1.82) is 0 Å². The second-order valence-electron chi connectivity index (χ2n) is 10.6. The molecular formula is C29H32N4O3S2. The second kappa shape index (κ2) is 10.5. The topological polar surface area (TPSA) is 80.4 Å². The number of amides is 2. The minimum atomic E-state index is -0.289. The summed E-state index contributed by atoms with van der Waals surface area (Å²) in [5.41, 5.74) is 5.89. The van der Waals surface area contributed by atoms with Crippen molar-refractivity contribution in [2.24, 2.45) is 0 Å². The third-order valence-electron chi connectivity index (χ3n) is 6.79. The van der Waals surface area contributed by atoms with E-state index in [9.17, 15) is 9.59 Å². The predicted octanol–water partition coefficient (Wildman–Crippen LogP) is 5.93. The van der Waals surface area contributed by atoms with Crippen molar-refractivity contribution in [1.82, 2.24) is 15.1 Å². The molecule has 4 aromatic rings. The van der Waals surface area contributed by atoms with Gasteiger partial charge in [-0.25, -0.2) is 4.68 Å². The highest BCUT2D eigenvalue weighted by Crippen LogP contribution is 2.49. The molecule has 3 aromatic heterocycles. The second-order valence-corrected chi connectivity index (χ2v) is 12.4. The number of benzene rings is 1. The summed E-state index contributed by atoms with van der Waals surface area (Å²) in [6.07, 6.45) is 1.57. The maximum absolute atomic E-state index is 13.7. The molecule has 38 heavy (non-hydrogen) atoms. The SMILES string of the molecule is Cc1cccc(-n2nc(C(C)(C)C)c3c2N(CC(=O)NCc2ccco2)C(=O)CS[C@H]3c2ccsc2)c1C. The molecule has 9 heteroatoms. The van der Waals surface area contributed by atoms with Gasteiger partial charge < -0.3 is 9.73 Å². The third-order valence-corrected chi connectivity index (χ3v) is 8.75. The van der Waals surface area contributed by atoms with Gasteiger partial charge in [-0.15, -0.1) is 11.8 Å². The fourth-order valence-corrected chi connectivity index (χ4v) is 6.65. The van der Waals surface area contributed by atoms with Crippen molar-refractivity contribution >= 4 is 40.7 Å². The highest BCUT2D eigenvalue weighted by Gasteiger charge is 2.40. The van der Waals surface area contributed by atoms with Crippen LogP contribution in [0.2, 0.25) is 0 Å². The number of aromatic nitrogens is 2. The molecule has 7 nitrogen and oxygen atoms in total. The van der Waals surface area contributed by atoms with E-state index in [0.29, 0.717) is 11.6 Å². The van der Waals surface area contributed by atoms with Crippen LogP contribution < -0.4 is 10.2 Å². The number of anilines is 1. The van der Waals surface area contributed by atoms with Crippen LogP contribution in [0, 0.1) is 13.8 Å². The van der Waals surface area contributed by atoms with Crippen molar-refractivity contribution in [3.63, 3.8) is 0 Å². The number of nitrogens with one attached hydrogen (secondary N) is 1. The van der Waals surface area contributed by atoms with Crippen LogP contribution in [-0.2, 0) is 21.5 Å². The molecule has 0 saturated heterocycles. The number of hydrogen-bond donors (Lipinski definition) is 1. The zero-order valence-electron chi connectivity index (χ0n) is 22.3. The Bertz CT molecular complexity index is 1450. The molecule has 5 rings (SSSR count). The Balaban J connectivity index is 1.68. The van der Waals surface area contributed by atoms with Gasteiger partial charge in [0.25, 0.3) is 0 Å². The van der Waals surface area contributed by atoms with Gasteiger partial charge in [0, 0.05) is 11.0 Å². The van der Waals surface area contributed by atoms with Crippen LogP contribution in [0.15, 0.2) is 57.8 Å². The molecule has 2 amide bonds. The smallest absolute Gasteiger partial charge is 0.240 e. The predicted molar refractivity (Wildman–Crippen MR) is 153 cm³/mol. The molecule has 1 aliphatic heterocycles. The summed E-state index contributed by atoms with van der Waals surface area (Å²) < 4.78 is 7.25. The Morgan fingerprint density at radius 1 is 1.18 bits per heavy atom. The number of rotatable bonds is 6. The molecular weight excluding hydrogens is 516 g/mol. The molecule has 198 valence electrons. The van der Waals surface area contributed by atoms with Gasteiger partial charge in [0.2, 0.25) is 11.8 Å². The monoisotopic (exact) mass is 548 g/mol. The minimum Gasteiger partial charge on any atom is -0.467 e. The average molecular weight is 549 g/mol. The first-order chi connectivity index (χ1) is 18.1. The summed E-state index contributed by atoms with van der Waals surface area (Å²) in [5.74, 6) is 1.21. The lowest BCUT2D eigenvalue weighted by molar-refractivity contribution is -0.123. The molecule has 1 aliphatic rings. The molecule has 0 unspecified atom stereocenters. The number of nitrogens with zero attached hydrogens (tertiary/aromatic N) is 3. The Morgan fingerprint density at radius 3 is 2.68 bits per heavy atom. The molecule has 0 spiro atoms. The van der Waals surface area contributed by atoms with Gasteiger partial charge in [-0.1, -0.05) is 32.9 Å². The first kappa shape index (κ1) is 26.3. The Hall–Kier alpha value is -3.30. The summed E-state index contributed by atoms with van der Waals surface area (Å²) >= 11 is 3.24. The van der Waals surface area contributed by atoms with E-state index in [-0.39, 0.29) is 41.3 Å². The van der Waals surface area contributed by atoms with E-state index in [1.807, 2.05) is 22.9 Å². The number of thioether (sulfide) groups is 1. The van der Waals surface area contributed by atoms with Crippen molar-refractivity contribution in [2.45, 2.75) is 51.8 Å². The lowest BCUT2D eigenvalue weighted by Gasteiger charge is -2.24. The molecule has 1 aromatic carbocycles. The Labute approximate surface area is 231 Å². The largest absolute Gasteiger partial charge is 0.467 e. The van der Waals surface area contributed by atoms with Crippen LogP contribution >= 0.6 is 23.1 Å². The van der Waals surface area contributed by atoms with Crippen LogP contribution in [0.25, 0.3) is 5.69 Å². The van der Waals surface area contributed by atoms with E-state index < -0.39 is 0 Å². The van der Waals surface area contributed by atoms with E-state index >= 15 is 0 Å². The van der Waals surface area contributed by atoms with Gasteiger partial charge in [-0.3, -0.25) is 14.5 Å². The number of thiophene rings is 1. The summed E-state index contributed by atoms with van der Waals surface area (Å²) in [4.78, 5) is 28.5. The quantitative estimate of drug-likeness (QED) is 0.323. The summed E-state index contributed by atoms with van der Waals surface area (Å²) in [5, 5.41) is 12.2. The zero-order chi connectivity index (χ0) is 27.0. The third kappa shape index (κ3) is 5.05. The number of carbonyl (C=O) groups excluding carboxylic acids is 2. The van der Waals surface area contributed by atoms with E-state index in [0.717, 1.165) is 33.6 Å². The lowest BCUT2D eigenvalue weighted by Crippen LogP contribution is -2.42. The minimum absolute atomic E-state index is 0.0792. The van der Waals surface area contributed by atoms with E-state index in [2.05, 4.69) is 62.8 Å². The fourth-order valence-electron chi connectivity index (χ4n) is 4.69. The maximum Gasteiger partial charge on any atom is 0.240 e. The van der Waals surface area contributed by atoms with Crippen molar-refractivity contribution in [3.8, 4) is 5.69 Å². The van der Waals surface area contributed by atoms with E-state index in [1.54, 1.807) is 40.3 Å². The Morgan fingerprint density at radius 2 is 2.00 bits per heavy atom. The number of hydrogen-bond acceptors (Lipinski definition) is 6. The van der Waals surface area contributed by atoms with Crippen LogP contribution in [0.1, 0.15) is 59.7 Å². The number of aryl methyl sites for hydroxylation is 1. The van der Waals surface area contributed by atoms with Gasteiger partial charge in [-0.2, -0.15) is 16.4 Å². The van der Waals surface area contributed by atoms with Crippen molar-refractivity contribution in [3.05, 3.63) is 87.1 Å². The molecule has 0 fully saturated rings. The highest BCUT2D eigenvalue weighted by atomic mass is 32.2. The van der Waals surface area contributed by atoms with Gasteiger partial charge >= 0.3 is 0 Å². The standard InChI is InChI=1S/C29H32N4O3S2/c1-18-8-6-10-22(19(18)2)33-28-25(27(31-33)29(3,4)5)26(20-11-13-37-16-20)38-17-24(35)32(28)15-23(34)30-14-21-9-7-12-36-21/h6-13,16,26H,14-15,17H2,1-5H3,(H,30,34)/t26-/m0/s1.